The van der Waals surface area contributed by atoms with E-state index in [-0.39, 0.29) is 11.9 Å². The molecule has 0 spiro atoms. The van der Waals surface area contributed by atoms with E-state index in [4.69, 9.17) is 5.73 Å². The van der Waals surface area contributed by atoms with Crippen molar-refractivity contribution < 1.29 is 4.79 Å². The third kappa shape index (κ3) is 3.24. The number of benzene rings is 1. The minimum absolute atomic E-state index is 0.0265. The second-order valence-corrected chi connectivity index (χ2v) is 5.97. The van der Waals surface area contributed by atoms with Gasteiger partial charge in [0.15, 0.2) is 0 Å². The summed E-state index contributed by atoms with van der Waals surface area (Å²) >= 11 is 0. The SMILES string of the molecule is CC(NC(=O)c1ccc(N(C)C)c(N)c1)C1CCCC1. The van der Waals surface area contributed by atoms with Gasteiger partial charge in [0, 0.05) is 25.7 Å². The third-order valence-corrected chi connectivity index (χ3v) is 4.24. The fraction of sp³-hybridized carbons (Fsp3) is 0.562. The van der Waals surface area contributed by atoms with Gasteiger partial charge >= 0.3 is 0 Å². The number of nitrogens with one attached hydrogen (secondary N) is 1. The zero-order valence-electron chi connectivity index (χ0n) is 12.6. The molecular weight excluding hydrogens is 250 g/mol. The van der Waals surface area contributed by atoms with Gasteiger partial charge in [-0.05, 0) is 43.9 Å². The lowest BCUT2D eigenvalue weighted by Crippen LogP contribution is -2.37. The predicted molar refractivity (Wildman–Crippen MR) is 84.1 cm³/mol. The van der Waals surface area contributed by atoms with Crippen LogP contribution in [0.5, 0.6) is 0 Å². The topological polar surface area (TPSA) is 58.4 Å². The van der Waals surface area contributed by atoms with E-state index < -0.39 is 0 Å². The molecule has 1 unspecified atom stereocenters. The minimum atomic E-state index is -0.0265. The van der Waals surface area contributed by atoms with E-state index >= 15 is 0 Å². The number of carbonyl (C=O) groups excluding carboxylic acids is 1. The number of carbonyl (C=O) groups is 1. The van der Waals surface area contributed by atoms with Crippen LogP contribution in [0.2, 0.25) is 0 Å². The maximum absolute atomic E-state index is 12.3. The Balaban J connectivity index is 2.03. The number of anilines is 2. The summed E-state index contributed by atoms with van der Waals surface area (Å²) in [6.07, 6.45) is 5.02. The lowest BCUT2D eigenvalue weighted by Gasteiger charge is -2.21. The van der Waals surface area contributed by atoms with Crippen LogP contribution in [0.4, 0.5) is 11.4 Å². The smallest absolute Gasteiger partial charge is 0.251 e. The van der Waals surface area contributed by atoms with E-state index in [1.165, 1.54) is 25.7 Å². The molecule has 0 bridgehead atoms. The maximum Gasteiger partial charge on any atom is 0.251 e. The second kappa shape index (κ2) is 6.16. The highest BCUT2D eigenvalue weighted by molar-refractivity contribution is 5.96. The van der Waals surface area contributed by atoms with Crippen molar-refractivity contribution >= 4 is 17.3 Å². The Morgan fingerprint density at radius 2 is 2.00 bits per heavy atom. The van der Waals surface area contributed by atoms with E-state index in [0.717, 1.165) is 5.69 Å². The molecule has 4 nitrogen and oxygen atoms in total. The molecule has 0 aliphatic heterocycles. The largest absolute Gasteiger partial charge is 0.397 e. The average Bonchev–Trinajstić information content (AvgIpc) is 2.91. The van der Waals surface area contributed by atoms with Gasteiger partial charge in [0.05, 0.1) is 11.4 Å². The molecular formula is C16H25N3O. The van der Waals surface area contributed by atoms with E-state index in [1.807, 2.05) is 31.1 Å². The molecule has 1 fully saturated rings. The van der Waals surface area contributed by atoms with Gasteiger partial charge in [0.2, 0.25) is 0 Å². The van der Waals surface area contributed by atoms with E-state index in [0.29, 0.717) is 17.2 Å². The molecule has 0 saturated heterocycles. The van der Waals surface area contributed by atoms with E-state index in [9.17, 15) is 4.79 Å². The Kier molecular flexibility index (Phi) is 4.53. The number of amides is 1. The molecule has 0 radical (unpaired) electrons. The summed E-state index contributed by atoms with van der Waals surface area (Å²) < 4.78 is 0. The predicted octanol–water partition coefficient (Wildman–Crippen LogP) is 2.64. The molecule has 0 heterocycles. The molecule has 3 N–H and O–H groups in total. The molecule has 2 rings (SSSR count). The van der Waals surface area contributed by atoms with Crippen molar-refractivity contribution in [3.63, 3.8) is 0 Å². The van der Waals surface area contributed by atoms with Crippen molar-refractivity contribution in [2.24, 2.45) is 5.92 Å². The van der Waals surface area contributed by atoms with Crippen molar-refractivity contribution in [2.75, 3.05) is 24.7 Å². The average molecular weight is 275 g/mol. The molecule has 20 heavy (non-hydrogen) atoms. The summed E-state index contributed by atoms with van der Waals surface area (Å²) in [4.78, 5) is 14.2. The summed E-state index contributed by atoms with van der Waals surface area (Å²) in [5.41, 5.74) is 8.20. The van der Waals surface area contributed by atoms with Crippen LogP contribution in [-0.2, 0) is 0 Å². The van der Waals surface area contributed by atoms with Crippen LogP contribution >= 0.6 is 0 Å². The Hall–Kier alpha value is -1.71. The molecule has 1 aromatic carbocycles. The molecule has 1 aromatic rings. The van der Waals surface area contributed by atoms with Crippen LogP contribution in [0.1, 0.15) is 43.0 Å². The van der Waals surface area contributed by atoms with Gasteiger partial charge in [0.1, 0.15) is 0 Å². The third-order valence-electron chi connectivity index (χ3n) is 4.24. The highest BCUT2D eigenvalue weighted by atomic mass is 16.1. The Morgan fingerprint density at radius 1 is 1.35 bits per heavy atom. The van der Waals surface area contributed by atoms with Gasteiger partial charge < -0.3 is 16.0 Å². The summed E-state index contributed by atoms with van der Waals surface area (Å²) in [6, 6.07) is 5.72. The standard InChI is InChI=1S/C16H25N3O/c1-11(12-6-4-5-7-12)18-16(20)13-8-9-15(19(2)3)14(17)10-13/h8-12H,4-7,17H2,1-3H3,(H,18,20). The first-order chi connectivity index (χ1) is 9.49. The van der Waals surface area contributed by atoms with Gasteiger partial charge in [-0.2, -0.15) is 0 Å². The first-order valence-electron chi connectivity index (χ1n) is 7.36. The molecule has 1 aliphatic carbocycles. The van der Waals surface area contributed by atoms with Gasteiger partial charge in [-0.15, -0.1) is 0 Å². The molecule has 1 amide bonds. The number of nitrogen functional groups attached to an aromatic ring is 1. The quantitative estimate of drug-likeness (QED) is 0.831. The number of hydrogen-bond donors (Lipinski definition) is 2. The maximum atomic E-state index is 12.3. The highest BCUT2D eigenvalue weighted by Crippen LogP contribution is 2.28. The zero-order valence-corrected chi connectivity index (χ0v) is 12.6. The second-order valence-electron chi connectivity index (χ2n) is 5.97. The van der Waals surface area contributed by atoms with Crippen LogP contribution in [0.3, 0.4) is 0 Å². The van der Waals surface area contributed by atoms with Crippen molar-refractivity contribution in [1.29, 1.82) is 0 Å². The first kappa shape index (κ1) is 14.7. The van der Waals surface area contributed by atoms with Gasteiger partial charge in [-0.25, -0.2) is 0 Å². The van der Waals surface area contributed by atoms with Crippen molar-refractivity contribution in [3.05, 3.63) is 23.8 Å². The van der Waals surface area contributed by atoms with Crippen LogP contribution < -0.4 is 16.0 Å². The number of nitrogens with zero attached hydrogens (tertiary/aromatic N) is 1. The lowest BCUT2D eigenvalue weighted by molar-refractivity contribution is 0.0927. The summed E-state index contributed by atoms with van der Waals surface area (Å²) in [7, 11) is 3.88. The number of rotatable bonds is 4. The fourth-order valence-electron chi connectivity index (χ4n) is 2.97. The molecule has 4 heteroatoms. The van der Waals surface area contributed by atoms with E-state index in [2.05, 4.69) is 12.2 Å². The normalized spacial score (nSPS) is 16.9. The van der Waals surface area contributed by atoms with Crippen LogP contribution in [-0.4, -0.2) is 26.0 Å². The molecule has 1 atom stereocenters. The molecule has 1 saturated carbocycles. The van der Waals surface area contributed by atoms with Crippen molar-refractivity contribution in [2.45, 2.75) is 38.6 Å². The van der Waals surface area contributed by atoms with Gasteiger partial charge in [0.25, 0.3) is 5.91 Å². The lowest BCUT2D eigenvalue weighted by atomic mass is 9.99. The molecule has 110 valence electrons. The van der Waals surface area contributed by atoms with E-state index in [1.54, 1.807) is 6.07 Å². The molecule has 1 aliphatic rings. The Morgan fingerprint density at radius 3 is 2.55 bits per heavy atom. The zero-order chi connectivity index (χ0) is 14.7. The Labute approximate surface area is 121 Å². The first-order valence-corrected chi connectivity index (χ1v) is 7.36. The number of nitrogens with two attached hydrogens (primary N) is 1. The minimum Gasteiger partial charge on any atom is -0.397 e. The summed E-state index contributed by atoms with van der Waals surface area (Å²) in [5.74, 6) is 0.596. The number of hydrogen-bond acceptors (Lipinski definition) is 3. The van der Waals surface area contributed by atoms with Crippen LogP contribution in [0.25, 0.3) is 0 Å². The van der Waals surface area contributed by atoms with Crippen molar-refractivity contribution in [1.82, 2.24) is 5.32 Å². The summed E-state index contributed by atoms with van der Waals surface area (Å²) in [6.45, 7) is 2.10. The molecule has 0 aromatic heterocycles. The highest BCUT2D eigenvalue weighted by Gasteiger charge is 2.23. The van der Waals surface area contributed by atoms with Gasteiger partial charge in [-0.1, -0.05) is 12.8 Å². The Bertz CT molecular complexity index is 479. The van der Waals surface area contributed by atoms with Crippen LogP contribution in [0, 0.1) is 5.92 Å². The monoisotopic (exact) mass is 275 g/mol. The summed E-state index contributed by atoms with van der Waals surface area (Å²) in [5, 5.41) is 3.11. The van der Waals surface area contributed by atoms with Crippen LogP contribution in [0.15, 0.2) is 18.2 Å². The van der Waals surface area contributed by atoms with Gasteiger partial charge in [-0.3, -0.25) is 4.79 Å². The van der Waals surface area contributed by atoms with Crippen molar-refractivity contribution in [3.8, 4) is 0 Å². The fourth-order valence-corrected chi connectivity index (χ4v) is 2.97.